The number of fused-ring (bicyclic) bond motifs is 4. The average Bonchev–Trinajstić information content (AvgIpc) is 2.76. The van der Waals surface area contributed by atoms with Crippen LogP contribution in [0.5, 0.6) is 0 Å². The van der Waals surface area contributed by atoms with Crippen LogP contribution in [0.2, 0.25) is 0 Å². The number of aliphatic carboxylic acids is 1. The molecule has 2 N–H and O–H groups in total. The van der Waals surface area contributed by atoms with Gasteiger partial charge in [-0.2, -0.15) is 0 Å². The van der Waals surface area contributed by atoms with E-state index in [1.54, 1.807) is 0 Å². The summed E-state index contributed by atoms with van der Waals surface area (Å²) in [5.74, 6) is 0.625. The fourth-order valence-corrected chi connectivity index (χ4v) is 8.20. The maximum atomic E-state index is 13.1. The second-order valence-corrected chi connectivity index (χ2v) is 12.2. The summed E-state index contributed by atoms with van der Waals surface area (Å²) in [7, 11) is 0. The highest BCUT2D eigenvalue weighted by Crippen LogP contribution is 2.53. The zero-order chi connectivity index (χ0) is 23.2. The molecule has 33 heavy (non-hydrogen) atoms. The first kappa shape index (κ1) is 23.6. The first-order chi connectivity index (χ1) is 15.8. The minimum atomic E-state index is -0.663. The minimum Gasteiger partial charge on any atom is -0.481 e. The van der Waals surface area contributed by atoms with Gasteiger partial charge < -0.3 is 24.4 Å². The van der Waals surface area contributed by atoms with Crippen molar-refractivity contribution in [1.82, 2.24) is 0 Å². The minimum absolute atomic E-state index is 0.0107. The van der Waals surface area contributed by atoms with Crippen LogP contribution in [-0.2, 0) is 23.8 Å². The van der Waals surface area contributed by atoms with Crippen LogP contribution in [0.25, 0.3) is 0 Å². The number of carbonyl (C=O) groups excluding carboxylic acids is 1. The van der Waals surface area contributed by atoms with Crippen molar-refractivity contribution in [2.24, 2.45) is 40.4 Å². The molecule has 5 rings (SSSR count). The van der Waals surface area contributed by atoms with E-state index in [9.17, 15) is 19.8 Å². The molecule has 4 bridgehead atoms. The van der Waals surface area contributed by atoms with Gasteiger partial charge >= 0.3 is 11.9 Å². The predicted octanol–water partition coefficient (Wildman–Crippen LogP) is 3.77. The fourth-order valence-electron chi connectivity index (χ4n) is 8.20. The normalized spacial score (nSPS) is 47.5. The lowest BCUT2D eigenvalue weighted by atomic mass is 9.58. The third kappa shape index (κ3) is 4.70. The van der Waals surface area contributed by atoms with Crippen molar-refractivity contribution in [1.29, 1.82) is 0 Å². The third-order valence-electron chi connectivity index (χ3n) is 9.34. The van der Waals surface area contributed by atoms with Gasteiger partial charge in [-0.25, -0.2) is 0 Å². The molecule has 0 spiro atoms. The van der Waals surface area contributed by atoms with Crippen LogP contribution in [0.4, 0.5) is 0 Å². The molecule has 1 heterocycles. The Hall–Kier alpha value is -1.18. The maximum absolute atomic E-state index is 13.1. The number of carbonyl (C=O) groups is 2. The Morgan fingerprint density at radius 1 is 0.970 bits per heavy atom. The number of carboxylic acid groups (broad SMARTS) is 1. The van der Waals surface area contributed by atoms with Crippen LogP contribution >= 0.6 is 0 Å². The number of hydrogen-bond donors (Lipinski definition) is 2. The Labute approximate surface area is 196 Å². The van der Waals surface area contributed by atoms with Gasteiger partial charge in [0.05, 0.1) is 36.8 Å². The molecule has 0 aromatic rings. The molecule has 5 fully saturated rings. The van der Waals surface area contributed by atoms with Crippen molar-refractivity contribution in [2.45, 2.75) is 89.9 Å². The quantitative estimate of drug-likeness (QED) is 0.597. The molecule has 0 amide bonds. The van der Waals surface area contributed by atoms with Gasteiger partial charge in [0, 0.05) is 11.8 Å². The predicted molar refractivity (Wildman–Crippen MR) is 119 cm³/mol. The first-order valence-corrected chi connectivity index (χ1v) is 13.1. The summed E-state index contributed by atoms with van der Waals surface area (Å²) in [5, 5.41) is 20.2. The highest BCUT2D eigenvalue weighted by Gasteiger charge is 2.52. The number of rotatable bonds is 5. The van der Waals surface area contributed by atoms with E-state index < -0.39 is 22.9 Å². The van der Waals surface area contributed by atoms with Crippen molar-refractivity contribution >= 4 is 11.9 Å². The number of ether oxygens (including phenoxy) is 3. The largest absolute Gasteiger partial charge is 0.481 e. The van der Waals surface area contributed by atoms with Crippen molar-refractivity contribution < 1.29 is 34.0 Å². The zero-order valence-corrected chi connectivity index (χ0v) is 19.9. The molecular weight excluding hydrogens is 424 g/mol. The molecule has 0 radical (unpaired) electrons. The van der Waals surface area contributed by atoms with Gasteiger partial charge in [0.2, 0.25) is 0 Å². The van der Waals surface area contributed by atoms with Crippen LogP contribution in [-0.4, -0.2) is 54.4 Å². The molecule has 7 nitrogen and oxygen atoms in total. The van der Waals surface area contributed by atoms with Crippen LogP contribution in [0.15, 0.2) is 0 Å². The average molecular weight is 465 g/mol. The van der Waals surface area contributed by atoms with E-state index in [0.29, 0.717) is 43.8 Å². The van der Waals surface area contributed by atoms with Gasteiger partial charge in [-0.3, -0.25) is 9.59 Å². The number of esters is 1. The molecular formula is C26H40O7. The summed E-state index contributed by atoms with van der Waals surface area (Å²) in [6.45, 7) is 3.40. The van der Waals surface area contributed by atoms with Crippen molar-refractivity contribution in [2.75, 3.05) is 19.8 Å². The summed E-state index contributed by atoms with van der Waals surface area (Å²) >= 11 is 0. The Kier molecular flexibility index (Phi) is 6.51. The summed E-state index contributed by atoms with van der Waals surface area (Å²) in [5.41, 5.74) is -1.15. The molecule has 1 aliphatic heterocycles. The topological polar surface area (TPSA) is 102 Å². The Morgan fingerprint density at radius 3 is 2.48 bits per heavy atom. The van der Waals surface area contributed by atoms with E-state index in [1.165, 1.54) is 0 Å². The fraction of sp³-hybridized carbons (Fsp3) is 0.923. The van der Waals surface area contributed by atoms with Crippen LogP contribution in [0.3, 0.4) is 0 Å². The number of hydrogen-bond acceptors (Lipinski definition) is 6. The Morgan fingerprint density at radius 2 is 1.73 bits per heavy atom. The molecule has 1 saturated heterocycles. The first-order valence-electron chi connectivity index (χ1n) is 13.1. The van der Waals surface area contributed by atoms with Crippen LogP contribution in [0, 0.1) is 40.4 Å². The molecule has 0 aromatic heterocycles. The molecule has 5 aliphatic rings. The maximum Gasteiger partial charge on any atom is 0.312 e. The van der Waals surface area contributed by atoms with Gasteiger partial charge in [0.1, 0.15) is 0 Å². The van der Waals surface area contributed by atoms with E-state index in [2.05, 4.69) is 6.92 Å². The van der Waals surface area contributed by atoms with Gasteiger partial charge in [0.25, 0.3) is 0 Å². The lowest BCUT2D eigenvalue weighted by Gasteiger charge is -2.48. The molecule has 0 aromatic carbocycles. The van der Waals surface area contributed by atoms with E-state index >= 15 is 0 Å². The van der Waals surface area contributed by atoms with E-state index in [-0.39, 0.29) is 30.7 Å². The SMILES string of the molecule is CC1CC2CC(O)CC(C(=O)OCC3COC(C4CC5CCCC(C(=O)O)(C5)C4)OC3)(C1)C2. The van der Waals surface area contributed by atoms with Gasteiger partial charge in [-0.15, -0.1) is 0 Å². The molecule has 7 atom stereocenters. The van der Waals surface area contributed by atoms with Crippen molar-refractivity contribution in [3.05, 3.63) is 0 Å². The molecule has 7 unspecified atom stereocenters. The molecule has 4 saturated carbocycles. The number of aliphatic hydroxyl groups is 1. The Bertz CT molecular complexity index is 725. The van der Waals surface area contributed by atoms with E-state index in [0.717, 1.165) is 57.8 Å². The second-order valence-electron chi connectivity index (χ2n) is 12.2. The molecule has 186 valence electrons. The van der Waals surface area contributed by atoms with Gasteiger partial charge in [0.15, 0.2) is 6.29 Å². The monoisotopic (exact) mass is 464 g/mol. The van der Waals surface area contributed by atoms with Crippen LogP contribution in [0.1, 0.15) is 77.6 Å². The number of carboxylic acids is 1. The lowest BCUT2D eigenvalue weighted by molar-refractivity contribution is -0.243. The van der Waals surface area contributed by atoms with Crippen molar-refractivity contribution in [3.63, 3.8) is 0 Å². The third-order valence-corrected chi connectivity index (χ3v) is 9.34. The van der Waals surface area contributed by atoms with Crippen LogP contribution < -0.4 is 0 Å². The van der Waals surface area contributed by atoms with E-state index in [1.807, 2.05) is 0 Å². The second kappa shape index (κ2) is 9.12. The smallest absolute Gasteiger partial charge is 0.312 e. The molecule has 7 heteroatoms. The van der Waals surface area contributed by atoms with Crippen molar-refractivity contribution in [3.8, 4) is 0 Å². The summed E-state index contributed by atoms with van der Waals surface area (Å²) in [4.78, 5) is 25.1. The summed E-state index contributed by atoms with van der Waals surface area (Å²) in [6, 6.07) is 0. The summed E-state index contributed by atoms with van der Waals surface area (Å²) < 4.78 is 17.9. The van der Waals surface area contributed by atoms with E-state index in [4.69, 9.17) is 14.2 Å². The van der Waals surface area contributed by atoms with Gasteiger partial charge in [-0.1, -0.05) is 19.8 Å². The number of aliphatic hydroxyl groups excluding tert-OH is 1. The highest BCUT2D eigenvalue weighted by molar-refractivity contribution is 5.77. The lowest BCUT2D eigenvalue weighted by Crippen LogP contribution is -2.49. The highest BCUT2D eigenvalue weighted by atomic mass is 16.7. The zero-order valence-electron chi connectivity index (χ0n) is 19.9. The molecule has 4 aliphatic carbocycles. The summed E-state index contributed by atoms with van der Waals surface area (Å²) in [6.07, 6.45) is 8.54. The Balaban J connectivity index is 1.12. The standard InChI is InChI=1S/C26H40O7/c1-16-5-18-7-21(27)12-26(8-16,10-18)24(30)33-15-19-13-31-22(32-14-19)20-6-17-3-2-4-25(9-17,11-20)23(28)29/h16-22,27H,2-15H2,1H3,(H,28,29). The van der Waals surface area contributed by atoms with Gasteiger partial charge in [-0.05, 0) is 75.5 Å².